The van der Waals surface area contributed by atoms with Gasteiger partial charge in [0.1, 0.15) is 11.5 Å². The number of rotatable bonds is 12. The van der Waals surface area contributed by atoms with Crippen LogP contribution in [0.1, 0.15) is 44.4 Å². The van der Waals surface area contributed by atoms with Crippen LogP contribution >= 0.6 is 0 Å². The van der Waals surface area contributed by atoms with E-state index in [1.807, 2.05) is 45.8 Å². The van der Waals surface area contributed by atoms with Gasteiger partial charge >= 0.3 is 0 Å². The van der Waals surface area contributed by atoms with Gasteiger partial charge in [-0.2, -0.15) is 0 Å². The predicted octanol–water partition coefficient (Wildman–Crippen LogP) is 4.26. The number of Topliss-reactive ketones (excluding diaryl/α,β-unsaturated/α-hetero) is 1. The molecule has 0 saturated carbocycles. The van der Waals surface area contributed by atoms with Crippen LogP contribution in [0.25, 0.3) is 5.76 Å². The van der Waals surface area contributed by atoms with Crippen LogP contribution in [-0.2, 0) is 9.59 Å². The molecule has 1 saturated heterocycles. The lowest BCUT2D eigenvalue weighted by atomic mass is 9.95. The zero-order valence-corrected chi connectivity index (χ0v) is 21.7. The van der Waals surface area contributed by atoms with Crippen molar-refractivity contribution in [3.8, 4) is 17.2 Å². The third kappa shape index (κ3) is 5.99. The van der Waals surface area contributed by atoms with E-state index in [2.05, 4.69) is 0 Å². The van der Waals surface area contributed by atoms with Crippen molar-refractivity contribution in [1.82, 2.24) is 9.80 Å². The molecule has 8 heteroatoms. The topological polar surface area (TPSA) is 88.5 Å². The molecule has 1 atom stereocenters. The molecule has 0 aliphatic carbocycles. The van der Waals surface area contributed by atoms with Gasteiger partial charge in [-0.15, -0.1) is 0 Å². The first-order valence-electron chi connectivity index (χ1n) is 12.4. The molecule has 3 rings (SSSR count). The number of carbonyl (C=O) groups excluding carboxylic acids is 2. The number of aliphatic hydroxyl groups excluding tert-OH is 1. The van der Waals surface area contributed by atoms with E-state index in [-0.39, 0.29) is 11.3 Å². The van der Waals surface area contributed by atoms with Crippen molar-refractivity contribution in [2.45, 2.75) is 33.2 Å². The quantitative estimate of drug-likeness (QED) is 0.267. The third-order valence-corrected chi connectivity index (χ3v) is 5.81. The smallest absolute Gasteiger partial charge is 0.295 e. The number of amides is 1. The van der Waals surface area contributed by atoms with Crippen molar-refractivity contribution in [2.24, 2.45) is 0 Å². The molecular formula is C28H36N2O6. The molecule has 1 N–H and O–H groups in total. The minimum Gasteiger partial charge on any atom is -0.507 e. The fraction of sp³-hybridized carbons (Fsp3) is 0.429. The van der Waals surface area contributed by atoms with E-state index in [1.165, 1.54) is 4.90 Å². The summed E-state index contributed by atoms with van der Waals surface area (Å²) in [5.74, 6) is 0.194. The second-order valence-electron chi connectivity index (χ2n) is 8.74. The molecular weight excluding hydrogens is 460 g/mol. The molecule has 0 radical (unpaired) electrons. The van der Waals surface area contributed by atoms with Crippen molar-refractivity contribution in [3.05, 3.63) is 59.2 Å². The summed E-state index contributed by atoms with van der Waals surface area (Å²) >= 11 is 0. The highest BCUT2D eigenvalue weighted by Crippen LogP contribution is 2.42. The second-order valence-corrected chi connectivity index (χ2v) is 8.74. The number of likely N-dealkylation sites (tertiary alicyclic amines) is 1. The number of ketones is 1. The highest BCUT2D eigenvalue weighted by Gasteiger charge is 2.46. The molecule has 1 aliphatic rings. The van der Waals surface area contributed by atoms with E-state index in [0.29, 0.717) is 61.3 Å². The van der Waals surface area contributed by atoms with Crippen LogP contribution in [-0.4, -0.2) is 73.6 Å². The van der Waals surface area contributed by atoms with Gasteiger partial charge in [0.2, 0.25) is 0 Å². The van der Waals surface area contributed by atoms with Gasteiger partial charge in [0.05, 0.1) is 31.4 Å². The molecule has 0 aromatic heterocycles. The molecule has 194 valence electrons. The maximum Gasteiger partial charge on any atom is 0.295 e. The van der Waals surface area contributed by atoms with Crippen LogP contribution in [0.2, 0.25) is 0 Å². The Kier molecular flexibility index (Phi) is 9.36. The molecule has 0 spiro atoms. The van der Waals surface area contributed by atoms with Crippen LogP contribution < -0.4 is 14.2 Å². The van der Waals surface area contributed by atoms with Gasteiger partial charge in [-0.05, 0) is 76.3 Å². The first kappa shape index (κ1) is 27.1. The Morgan fingerprint density at radius 1 is 0.944 bits per heavy atom. The van der Waals surface area contributed by atoms with E-state index < -0.39 is 17.7 Å². The summed E-state index contributed by atoms with van der Waals surface area (Å²) in [5.41, 5.74) is 1.14. The van der Waals surface area contributed by atoms with Gasteiger partial charge in [0, 0.05) is 18.7 Å². The lowest BCUT2D eigenvalue weighted by Gasteiger charge is -2.27. The van der Waals surface area contributed by atoms with Gasteiger partial charge in [0.15, 0.2) is 11.5 Å². The molecule has 1 heterocycles. The lowest BCUT2D eigenvalue weighted by molar-refractivity contribution is -0.140. The van der Waals surface area contributed by atoms with Crippen molar-refractivity contribution in [1.29, 1.82) is 0 Å². The van der Waals surface area contributed by atoms with Crippen molar-refractivity contribution in [3.63, 3.8) is 0 Å². The summed E-state index contributed by atoms with van der Waals surface area (Å²) in [5, 5.41) is 11.3. The number of ether oxygens (including phenoxy) is 3. The Bertz CT molecular complexity index is 1090. The number of hydrogen-bond acceptors (Lipinski definition) is 7. The first-order valence-corrected chi connectivity index (χ1v) is 12.4. The SMILES string of the molecule is CCCOc1ccc(/C(O)=C2/C(=O)C(=O)N(CCN(C)C)C2c2ccc(OCC)c(OCC)c2)cc1. The van der Waals surface area contributed by atoms with Crippen LogP contribution in [0.15, 0.2) is 48.0 Å². The second kappa shape index (κ2) is 12.4. The molecule has 1 fully saturated rings. The third-order valence-electron chi connectivity index (χ3n) is 5.81. The highest BCUT2D eigenvalue weighted by molar-refractivity contribution is 6.46. The predicted molar refractivity (Wildman–Crippen MR) is 139 cm³/mol. The Hall–Kier alpha value is -3.52. The average molecular weight is 497 g/mol. The van der Waals surface area contributed by atoms with E-state index in [4.69, 9.17) is 14.2 Å². The largest absolute Gasteiger partial charge is 0.507 e. The van der Waals surface area contributed by atoms with E-state index in [0.717, 1.165) is 6.42 Å². The molecule has 1 aliphatic heterocycles. The number of benzene rings is 2. The van der Waals surface area contributed by atoms with Crippen molar-refractivity contribution < 1.29 is 28.9 Å². The summed E-state index contributed by atoms with van der Waals surface area (Å²) in [7, 11) is 3.80. The zero-order chi connectivity index (χ0) is 26.2. The molecule has 1 unspecified atom stereocenters. The number of nitrogens with zero attached hydrogens (tertiary/aromatic N) is 2. The number of likely N-dealkylation sites (N-methyl/N-ethyl adjacent to an activating group) is 1. The van der Waals surface area contributed by atoms with Crippen LogP contribution in [0.3, 0.4) is 0 Å². The monoisotopic (exact) mass is 496 g/mol. The summed E-state index contributed by atoms with van der Waals surface area (Å²) in [6.45, 7) is 8.14. The summed E-state index contributed by atoms with van der Waals surface area (Å²) < 4.78 is 17.1. The maximum atomic E-state index is 13.2. The van der Waals surface area contributed by atoms with Gasteiger partial charge in [-0.1, -0.05) is 13.0 Å². The first-order chi connectivity index (χ1) is 17.3. The highest BCUT2D eigenvalue weighted by atomic mass is 16.5. The molecule has 0 bridgehead atoms. The lowest BCUT2D eigenvalue weighted by Crippen LogP contribution is -2.35. The number of hydrogen-bond donors (Lipinski definition) is 1. The Morgan fingerprint density at radius 3 is 2.22 bits per heavy atom. The van der Waals surface area contributed by atoms with Crippen LogP contribution in [0.5, 0.6) is 17.2 Å². The molecule has 8 nitrogen and oxygen atoms in total. The zero-order valence-electron chi connectivity index (χ0n) is 21.7. The summed E-state index contributed by atoms with van der Waals surface area (Å²) in [4.78, 5) is 29.8. The van der Waals surface area contributed by atoms with Crippen LogP contribution in [0, 0.1) is 0 Å². The van der Waals surface area contributed by atoms with Crippen molar-refractivity contribution >= 4 is 17.4 Å². The van der Waals surface area contributed by atoms with Gasteiger partial charge < -0.3 is 29.1 Å². The molecule has 2 aromatic carbocycles. The maximum absolute atomic E-state index is 13.2. The molecule has 2 aromatic rings. The van der Waals surface area contributed by atoms with E-state index >= 15 is 0 Å². The average Bonchev–Trinajstić information content (AvgIpc) is 3.12. The summed E-state index contributed by atoms with van der Waals surface area (Å²) in [6.07, 6.45) is 0.879. The fourth-order valence-electron chi connectivity index (χ4n) is 4.09. The van der Waals surface area contributed by atoms with E-state index in [9.17, 15) is 14.7 Å². The van der Waals surface area contributed by atoms with Gasteiger partial charge in [-0.25, -0.2) is 0 Å². The molecule has 36 heavy (non-hydrogen) atoms. The van der Waals surface area contributed by atoms with E-state index in [1.54, 1.807) is 36.4 Å². The van der Waals surface area contributed by atoms with Gasteiger partial charge in [0.25, 0.3) is 11.7 Å². The van der Waals surface area contributed by atoms with Gasteiger partial charge in [-0.3, -0.25) is 9.59 Å². The minimum atomic E-state index is -0.768. The van der Waals surface area contributed by atoms with Crippen molar-refractivity contribution in [2.75, 3.05) is 47.0 Å². The fourth-order valence-corrected chi connectivity index (χ4v) is 4.09. The minimum absolute atomic E-state index is 0.0487. The molecule has 1 amide bonds. The number of carbonyl (C=O) groups is 2. The Labute approximate surface area is 213 Å². The standard InChI is InChI=1S/C28H36N2O6/c1-6-17-36-21-12-9-19(10-13-21)26(31)24-25(30(16-15-29(4)5)28(33)27(24)32)20-11-14-22(34-7-2)23(18-20)35-8-3/h9-14,18,25,31H,6-8,15-17H2,1-5H3/b26-24-. The normalized spacial score (nSPS) is 17.1. The summed E-state index contributed by atoms with van der Waals surface area (Å²) in [6, 6.07) is 11.5. The Balaban J connectivity index is 2.11. The number of aliphatic hydroxyl groups is 1. The Morgan fingerprint density at radius 2 is 1.61 bits per heavy atom. The van der Waals surface area contributed by atoms with Crippen LogP contribution in [0.4, 0.5) is 0 Å².